The standard InChI is InChI=1S/C28H31N3O5S/c1-6-36-27(33)24-18(3)30-28-31(25(24)21-13-10-14-22(34-4)26(21)35-5)20(16-37-28)15-23(32)29-17(2)19-11-8-7-9-12-19/h7-14,16-17,25H,6,15H2,1-5H3,(H,29,32). The number of nitrogens with one attached hydrogen (secondary N) is 1. The van der Waals surface area contributed by atoms with Crippen molar-refractivity contribution in [1.82, 2.24) is 10.2 Å². The maximum absolute atomic E-state index is 13.2. The maximum Gasteiger partial charge on any atom is 0.338 e. The van der Waals surface area contributed by atoms with Crippen LogP contribution in [0.5, 0.6) is 11.5 Å². The Morgan fingerprint density at radius 3 is 2.54 bits per heavy atom. The van der Waals surface area contributed by atoms with Gasteiger partial charge in [-0.1, -0.05) is 54.2 Å². The normalized spacial score (nSPS) is 17.4. The summed E-state index contributed by atoms with van der Waals surface area (Å²) in [5, 5.41) is 5.66. The predicted octanol–water partition coefficient (Wildman–Crippen LogP) is 5.11. The first-order valence-corrected chi connectivity index (χ1v) is 12.9. The Morgan fingerprint density at radius 1 is 1.11 bits per heavy atom. The lowest BCUT2D eigenvalue weighted by molar-refractivity contribution is -0.139. The van der Waals surface area contributed by atoms with Gasteiger partial charge in [-0.15, -0.1) is 0 Å². The first-order valence-electron chi connectivity index (χ1n) is 12.1. The number of ether oxygens (including phenoxy) is 3. The van der Waals surface area contributed by atoms with E-state index >= 15 is 0 Å². The second-order valence-electron chi connectivity index (χ2n) is 8.57. The summed E-state index contributed by atoms with van der Waals surface area (Å²) in [6.45, 7) is 5.74. The van der Waals surface area contributed by atoms with Crippen LogP contribution in [-0.2, 0) is 14.3 Å². The van der Waals surface area contributed by atoms with Gasteiger partial charge in [-0.2, -0.15) is 0 Å². The van der Waals surface area contributed by atoms with Crippen LogP contribution in [0.1, 0.15) is 50.4 Å². The van der Waals surface area contributed by atoms with Crippen LogP contribution in [0, 0.1) is 0 Å². The van der Waals surface area contributed by atoms with Gasteiger partial charge in [0.25, 0.3) is 0 Å². The third kappa shape index (κ3) is 5.36. The molecular formula is C28H31N3O5S. The molecule has 194 valence electrons. The molecule has 2 aliphatic heterocycles. The van der Waals surface area contributed by atoms with Crippen molar-refractivity contribution in [2.75, 3.05) is 20.8 Å². The Bertz CT molecular complexity index is 1270. The number of methoxy groups -OCH3 is 2. The van der Waals surface area contributed by atoms with Crippen LogP contribution in [0.25, 0.3) is 0 Å². The van der Waals surface area contributed by atoms with Gasteiger partial charge in [0.2, 0.25) is 5.91 Å². The van der Waals surface area contributed by atoms with Crippen LogP contribution < -0.4 is 14.8 Å². The van der Waals surface area contributed by atoms with Gasteiger partial charge in [-0.3, -0.25) is 4.79 Å². The molecule has 37 heavy (non-hydrogen) atoms. The Labute approximate surface area is 221 Å². The molecule has 2 heterocycles. The van der Waals surface area contributed by atoms with Gasteiger partial charge in [-0.25, -0.2) is 9.79 Å². The smallest absolute Gasteiger partial charge is 0.338 e. The number of amides is 1. The molecule has 0 saturated heterocycles. The molecule has 8 nitrogen and oxygen atoms in total. The van der Waals surface area contributed by atoms with Crippen molar-refractivity contribution in [2.45, 2.75) is 39.3 Å². The summed E-state index contributed by atoms with van der Waals surface area (Å²) < 4.78 is 16.7. The molecule has 4 rings (SSSR count). The first-order chi connectivity index (χ1) is 17.9. The summed E-state index contributed by atoms with van der Waals surface area (Å²) in [5.74, 6) is 0.446. The fourth-order valence-electron chi connectivity index (χ4n) is 4.54. The van der Waals surface area contributed by atoms with E-state index in [0.717, 1.165) is 11.3 Å². The number of benzene rings is 2. The lowest BCUT2D eigenvalue weighted by Crippen LogP contribution is -2.38. The van der Waals surface area contributed by atoms with E-state index in [1.54, 1.807) is 34.1 Å². The molecule has 2 aliphatic rings. The van der Waals surface area contributed by atoms with Crippen LogP contribution in [0.3, 0.4) is 0 Å². The fraction of sp³-hybridized carbons (Fsp3) is 0.321. The number of nitrogens with zero attached hydrogens (tertiary/aromatic N) is 2. The highest BCUT2D eigenvalue weighted by molar-refractivity contribution is 8.16. The second kappa shape index (κ2) is 11.6. The molecule has 0 radical (unpaired) electrons. The van der Waals surface area contributed by atoms with Gasteiger partial charge in [0.1, 0.15) is 0 Å². The van der Waals surface area contributed by atoms with Gasteiger partial charge in [0.15, 0.2) is 16.7 Å². The summed E-state index contributed by atoms with van der Waals surface area (Å²) in [6.07, 6.45) is 0.112. The van der Waals surface area contributed by atoms with Gasteiger partial charge in [0, 0.05) is 11.3 Å². The lowest BCUT2D eigenvalue weighted by Gasteiger charge is -2.37. The zero-order valence-electron chi connectivity index (χ0n) is 21.6. The molecule has 0 bridgehead atoms. The van der Waals surface area contributed by atoms with Crippen LogP contribution in [-0.4, -0.2) is 42.8 Å². The van der Waals surface area contributed by atoms with Crippen molar-refractivity contribution in [3.05, 3.63) is 82.0 Å². The Hall–Kier alpha value is -3.72. The number of esters is 1. The van der Waals surface area contributed by atoms with Gasteiger partial charge < -0.3 is 24.4 Å². The van der Waals surface area contributed by atoms with E-state index in [9.17, 15) is 9.59 Å². The van der Waals surface area contributed by atoms with E-state index in [4.69, 9.17) is 19.2 Å². The molecular weight excluding hydrogens is 490 g/mol. The number of para-hydroxylation sites is 1. The molecule has 0 spiro atoms. The van der Waals surface area contributed by atoms with Crippen LogP contribution >= 0.6 is 11.8 Å². The van der Waals surface area contributed by atoms with Crippen molar-refractivity contribution in [3.8, 4) is 11.5 Å². The van der Waals surface area contributed by atoms with Crippen molar-refractivity contribution in [3.63, 3.8) is 0 Å². The SMILES string of the molecule is CCOC(=O)C1=C(C)N=C2SC=C(CC(=O)NC(C)c3ccccc3)N2C1c1cccc(OC)c1OC. The summed E-state index contributed by atoms with van der Waals surface area (Å²) >= 11 is 1.42. The number of carbonyl (C=O) groups excluding carboxylic acids is 2. The van der Waals surface area contributed by atoms with Crippen LogP contribution in [0.15, 0.2) is 75.9 Å². The van der Waals surface area contributed by atoms with E-state index in [1.807, 2.05) is 59.7 Å². The molecule has 0 aromatic heterocycles. The molecule has 2 aromatic rings. The largest absolute Gasteiger partial charge is 0.493 e. The highest BCUT2D eigenvalue weighted by Crippen LogP contribution is 2.48. The van der Waals surface area contributed by atoms with Gasteiger partial charge in [0.05, 0.1) is 50.6 Å². The molecule has 1 amide bonds. The van der Waals surface area contributed by atoms with Crippen LogP contribution in [0.2, 0.25) is 0 Å². The molecule has 2 atom stereocenters. The number of hydrogen-bond donors (Lipinski definition) is 1. The summed E-state index contributed by atoms with van der Waals surface area (Å²) in [5.41, 5.74) is 3.41. The first kappa shape index (κ1) is 26.3. The highest BCUT2D eigenvalue weighted by Gasteiger charge is 2.42. The molecule has 0 saturated carbocycles. The second-order valence-corrected chi connectivity index (χ2v) is 9.41. The number of carbonyl (C=O) groups is 2. The zero-order chi connectivity index (χ0) is 26.5. The summed E-state index contributed by atoms with van der Waals surface area (Å²) in [6, 6.07) is 14.6. The number of hydrogen-bond acceptors (Lipinski definition) is 8. The zero-order valence-corrected chi connectivity index (χ0v) is 22.4. The van der Waals surface area contributed by atoms with Gasteiger partial charge in [-0.05, 0) is 37.8 Å². The van der Waals surface area contributed by atoms with E-state index in [2.05, 4.69) is 5.32 Å². The monoisotopic (exact) mass is 521 g/mol. The van der Waals surface area contributed by atoms with Crippen molar-refractivity contribution < 1.29 is 23.8 Å². The molecule has 0 aliphatic carbocycles. The fourth-order valence-corrected chi connectivity index (χ4v) is 5.51. The molecule has 2 unspecified atom stereocenters. The number of aliphatic imine (C=N–C) groups is 1. The maximum atomic E-state index is 13.2. The number of thioether (sulfide) groups is 1. The molecule has 2 aromatic carbocycles. The molecule has 1 N–H and O–H groups in total. The Kier molecular flexibility index (Phi) is 8.23. The van der Waals surface area contributed by atoms with Crippen LogP contribution in [0.4, 0.5) is 0 Å². The average molecular weight is 522 g/mol. The quantitative estimate of drug-likeness (QED) is 0.459. The van der Waals surface area contributed by atoms with E-state index < -0.39 is 12.0 Å². The predicted molar refractivity (Wildman–Crippen MR) is 144 cm³/mol. The molecule has 9 heteroatoms. The Balaban J connectivity index is 1.70. The summed E-state index contributed by atoms with van der Waals surface area (Å²) in [4.78, 5) is 33.0. The number of allylic oxidation sites excluding steroid dienone is 1. The average Bonchev–Trinajstić information content (AvgIpc) is 3.29. The van der Waals surface area contributed by atoms with E-state index in [-0.39, 0.29) is 25.0 Å². The minimum absolute atomic E-state index is 0.112. The number of rotatable bonds is 9. The van der Waals surface area contributed by atoms with Crippen molar-refractivity contribution >= 4 is 28.8 Å². The molecule has 0 fully saturated rings. The third-order valence-corrected chi connectivity index (χ3v) is 7.13. The highest BCUT2D eigenvalue weighted by atomic mass is 32.2. The Morgan fingerprint density at radius 2 is 1.86 bits per heavy atom. The topological polar surface area (TPSA) is 89.5 Å². The minimum atomic E-state index is -0.614. The van der Waals surface area contributed by atoms with Gasteiger partial charge >= 0.3 is 5.97 Å². The number of amidine groups is 1. The van der Waals surface area contributed by atoms with E-state index in [0.29, 0.717) is 33.5 Å². The van der Waals surface area contributed by atoms with E-state index in [1.165, 1.54) is 11.8 Å². The van der Waals surface area contributed by atoms with Crippen molar-refractivity contribution in [1.29, 1.82) is 0 Å². The number of fused-ring (bicyclic) bond motifs is 1. The third-order valence-electron chi connectivity index (χ3n) is 6.24. The summed E-state index contributed by atoms with van der Waals surface area (Å²) in [7, 11) is 3.13. The lowest BCUT2D eigenvalue weighted by atomic mass is 9.92. The minimum Gasteiger partial charge on any atom is -0.493 e. The van der Waals surface area contributed by atoms with Crippen molar-refractivity contribution in [2.24, 2.45) is 4.99 Å².